The Kier molecular flexibility index (Phi) is 3.47. The van der Waals surface area contributed by atoms with E-state index >= 15 is 0 Å². The van der Waals surface area contributed by atoms with Crippen molar-refractivity contribution in [1.29, 1.82) is 0 Å². The van der Waals surface area contributed by atoms with Gasteiger partial charge in [-0.15, -0.1) is 0 Å². The third kappa shape index (κ3) is 2.23. The Labute approximate surface area is 114 Å². The summed E-state index contributed by atoms with van der Waals surface area (Å²) >= 11 is 0. The molecule has 2 heterocycles. The number of benzene rings is 1. The van der Waals surface area contributed by atoms with Gasteiger partial charge in [0.1, 0.15) is 5.75 Å². The third-order valence-corrected chi connectivity index (χ3v) is 4.09. The van der Waals surface area contributed by atoms with Crippen molar-refractivity contribution in [1.82, 2.24) is 9.88 Å². The molecule has 3 heteroatoms. The normalized spacial score (nSPS) is 16.3. The summed E-state index contributed by atoms with van der Waals surface area (Å²) in [6.07, 6.45) is 3.47. The molecular weight excluding hydrogens is 236 g/mol. The average Bonchev–Trinajstić information content (AvgIpc) is 2.68. The molecule has 0 bridgehead atoms. The van der Waals surface area contributed by atoms with E-state index in [-0.39, 0.29) is 0 Å². The number of hydrogen-bond donors (Lipinski definition) is 1. The topological polar surface area (TPSA) is 28.3 Å². The molecule has 1 aliphatic heterocycles. The molecule has 19 heavy (non-hydrogen) atoms. The van der Waals surface area contributed by atoms with Crippen LogP contribution in [0.1, 0.15) is 24.6 Å². The van der Waals surface area contributed by atoms with E-state index in [1.807, 2.05) is 0 Å². The molecule has 0 atom stereocenters. The summed E-state index contributed by atoms with van der Waals surface area (Å²) in [6.45, 7) is 5.78. The molecule has 0 radical (unpaired) electrons. The van der Waals surface area contributed by atoms with Gasteiger partial charge in [-0.05, 0) is 37.1 Å². The van der Waals surface area contributed by atoms with Crippen molar-refractivity contribution >= 4 is 10.9 Å². The van der Waals surface area contributed by atoms with E-state index < -0.39 is 0 Å². The zero-order chi connectivity index (χ0) is 13.2. The van der Waals surface area contributed by atoms with Crippen LogP contribution in [-0.4, -0.2) is 36.6 Å². The van der Waals surface area contributed by atoms with E-state index in [4.69, 9.17) is 4.74 Å². The minimum atomic E-state index is 0.999. The molecule has 1 N–H and O–H groups in total. The van der Waals surface area contributed by atoms with Gasteiger partial charge in [0.2, 0.25) is 0 Å². The number of aromatic nitrogens is 1. The molecule has 0 spiro atoms. The van der Waals surface area contributed by atoms with Gasteiger partial charge in [0, 0.05) is 36.1 Å². The molecule has 1 aromatic carbocycles. The zero-order valence-corrected chi connectivity index (χ0v) is 11.8. The van der Waals surface area contributed by atoms with Crippen LogP contribution in [0.15, 0.2) is 18.2 Å². The Morgan fingerprint density at radius 1 is 1.26 bits per heavy atom. The van der Waals surface area contributed by atoms with E-state index in [0.717, 1.165) is 31.7 Å². The quantitative estimate of drug-likeness (QED) is 0.916. The Bertz CT molecular complexity index is 573. The maximum atomic E-state index is 5.53. The van der Waals surface area contributed by atoms with Gasteiger partial charge in [0.25, 0.3) is 0 Å². The average molecular weight is 258 g/mol. The molecule has 0 saturated heterocycles. The third-order valence-electron chi connectivity index (χ3n) is 4.09. The lowest BCUT2D eigenvalue weighted by molar-refractivity contribution is 0.288. The van der Waals surface area contributed by atoms with Crippen LogP contribution in [0.2, 0.25) is 0 Å². The van der Waals surface area contributed by atoms with Crippen molar-refractivity contribution in [3.05, 3.63) is 29.5 Å². The molecule has 3 rings (SSSR count). The predicted octanol–water partition coefficient (Wildman–Crippen LogP) is 2.99. The van der Waals surface area contributed by atoms with Crippen molar-refractivity contribution in [3.63, 3.8) is 0 Å². The van der Waals surface area contributed by atoms with Crippen molar-refractivity contribution in [2.45, 2.75) is 26.2 Å². The van der Waals surface area contributed by atoms with E-state index in [1.54, 1.807) is 7.11 Å². The molecule has 0 unspecified atom stereocenters. The van der Waals surface area contributed by atoms with Gasteiger partial charge in [-0.2, -0.15) is 0 Å². The largest absolute Gasteiger partial charge is 0.496 e. The lowest BCUT2D eigenvalue weighted by Crippen LogP contribution is -2.27. The molecule has 2 aromatic rings. The fourth-order valence-corrected chi connectivity index (χ4v) is 3.19. The maximum absolute atomic E-state index is 5.53. The standard InChI is InChI=1S/C16H22N2O/c1-3-9-18-10-7-12-13(8-11-18)17-14-5-4-6-15(19-2)16(12)14/h4-6,17H,3,7-11H2,1-2H3. The van der Waals surface area contributed by atoms with Crippen molar-refractivity contribution < 1.29 is 4.74 Å². The van der Waals surface area contributed by atoms with Crippen LogP contribution in [0.5, 0.6) is 5.75 Å². The summed E-state index contributed by atoms with van der Waals surface area (Å²) in [5.74, 6) is 0.999. The van der Waals surface area contributed by atoms with Crippen molar-refractivity contribution in [2.24, 2.45) is 0 Å². The molecule has 102 valence electrons. The number of fused-ring (bicyclic) bond motifs is 3. The van der Waals surface area contributed by atoms with Gasteiger partial charge < -0.3 is 14.6 Å². The van der Waals surface area contributed by atoms with E-state index in [2.05, 4.69) is 35.0 Å². The number of H-pyrrole nitrogens is 1. The molecule has 0 fully saturated rings. The lowest BCUT2D eigenvalue weighted by atomic mass is 10.1. The fraction of sp³-hybridized carbons (Fsp3) is 0.500. The number of ether oxygens (including phenoxy) is 1. The van der Waals surface area contributed by atoms with E-state index in [9.17, 15) is 0 Å². The number of aromatic amines is 1. The first-order valence-corrected chi connectivity index (χ1v) is 7.22. The summed E-state index contributed by atoms with van der Waals surface area (Å²) < 4.78 is 5.53. The van der Waals surface area contributed by atoms with Crippen molar-refractivity contribution in [3.8, 4) is 5.75 Å². The van der Waals surface area contributed by atoms with Gasteiger partial charge in [0.05, 0.1) is 7.11 Å². The van der Waals surface area contributed by atoms with Gasteiger partial charge in [-0.1, -0.05) is 13.0 Å². The highest BCUT2D eigenvalue weighted by molar-refractivity contribution is 5.90. The Morgan fingerprint density at radius 2 is 2.11 bits per heavy atom. The minimum absolute atomic E-state index is 0.999. The highest BCUT2D eigenvalue weighted by Crippen LogP contribution is 2.32. The number of nitrogens with one attached hydrogen (secondary N) is 1. The first-order valence-electron chi connectivity index (χ1n) is 7.22. The number of hydrogen-bond acceptors (Lipinski definition) is 2. The fourth-order valence-electron chi connectivity index (χ4n) is 3.19. The van der Waals surface area contributed by atoms with E-state index in [0.29, 0.717) is 0 Å². The summed E-state index contributed by atoms with van der Waals surface area (Å²) in [4.78, 5) is 6.15. The highest BCUT2D eigenvalue weighted by Gasteiger charge is 2.19. The monoisotopic (exact) mass is 258 g/mol. The van der Waals surface area contributed by atoms with Crippen molar-refractivity contribution in [2.75, 3.05) is 26.7 Å². The summed E-state index contributed by atoms with van der Waals surface area (Å²) in [5, 5.41) is 1.29. The SMILES string of the molecule is CCCN1CCc2[nH]c3cccc(OC)c3c2CC1. The van der Waals surface area contributed by atoms with Gasteiger partial charge >= 0.3 is 0 Å². The van der Waals surface area contributed by atoms with Gasteiger partial charge in [-0.3, -0.25) is 0 Å². The minimum Gasteiger partial charge on any atom is -0.496 e. The second-order valence-electron chi connectivity index (χ2n) is 5.31. The van der Waals surface area contributed by atoms with Crippen LogP contribution >= 0.6 is 0 Å². The highest BCUT2D eigenvalue weighted by atomic mass is 16.5. The van der Waals surface area contributed by atoms with Crippen LogP contribution in [0.4, 0.5) is 0 Å². The predicted molar refractivity (Wildman–Crippen MR) is 79.0 cm³/mol. The molecule has 0 saturated carbocycles. The van der Waals surface area contributed by atoms with E-state index in [1.165, 1.54) is 35.1 Å². The molecular formula is C16H22N2O. The second kappa shape index (κ2) is 5.25. The molecule has 0 amide bonds. The van der Waals surface area contributed by atoms with Gasteiger partial charge in [0.15, 0.2) is 0 Å². The molecule has 0 aliphatic carbocycles. The molecule has 1 aromatic heterocycles. The first kappa shape index (κ1) is 12.5. The van der Waals surface area contributed by atoms with Crippen LogP contribution in [0, 0.1) is 0 Å². The number of rotatable bonds is 3. The number of nitrogens with zero attached hydrogens (tertiary/aromatic N) is 1. The Morgan fingerprint density at radius 3 is 2.89 bits per heavy atom. The maximum Gasteiger partial charge on any atom is 0.128 e. The van der Waals surface area contributed by atoms with Crippen LogP contribution in [0.3, 0.4) is 0 Å². The lowest BCUT2D eigenvalue weighted by Gasteiger charge is -2.18. The smallest absolute Gasteiger partial charge is 0.128 e. The molecule has 3 nitrogen and oxygen atoms in total. The van der Waals surface area contributed by atoms with Gasteiger partial charge in [-0.25, -0.2) is 0 Å². The summed E-state index contributed by atoms with van der Waals surface area (Å²) in [6, 6.07) is 6.27. The zero-order valence-electron chi connectivity index (χ0n) is 11.8. The Balaban J connectivity index is 2.00. The Hall–Kier alpha value is -1.48. The number of methoxy groups -OCH3 is 1. The van der Waals surface area contributed by atoms with Crippen LogP contribution < -0.4 is 4.74 Å². The summed E-state index contributed by atoms with van der Waals surface area (Å²) in [7, 11) is 1.76. The first-order chi connectivity index (χ1) is 9.33. The molecule has 1 aliphatic rings. The van der Waals surface area contributed by atoms with Crippen LogP contribution in [-0.2, 0) is 12.8 Å². The second-order valence-corrected chi connectivity index (χ2v) is 5.31. The summed E-state index contributed by atoms with van der Waals surface area (Å²) in [5.41, 5.74) is 4.08. The van der Waals surface area contributed by atoms with Crippen LogP contribution in [0.25, 0.3) is 10.9 Å².